The lowest BCUT2D eigenvalue weighted by molar-refractivity contribution is 0.0467. The predicted molar refractivity (Wildman–Crippen MR) is 118 cm³/mol. The van der Waals surface area contributed by atoms with E-state index in [4.69, 9.17) is 9.47 Å². The summed E-state index contributed by atoms with van der Waals surface area (Å²) < 4.78 is 39.0. The molecule has 0 atom stereocenters. The molecule has 0 aromatic heterocycles. The first-order chi connectivity index (χ1) is 15.6. The van der Waals surface area contributed by atoms with Crippen molar-refractivity contribution < 1.29 is 23.0 Å². The summed E-state index contributed by atoms with van der Waals surface area (Å²) in [4.78, 5) is 12.9. The second kappa shape index (κ2) is 9.88. The van der Waals surface area contributed by atoms with Crippen LogP contribution in [0.2, 0.25) is 0 Å². The number of carbonyl (C=O) groups is 1. The molecular formula is C27H20F2O3. The zero-order valence-corrected chi connectivity index (χ0v) is 17.1. The minimum absolute atomic E-state index is 0.0902. The maximum Gasteiger partial charge on any atom is 0.342 e. The highest BCUT2D eigenvalue weighted by molar-refractivity contribution is 5.94. The zero-order chi connectivity index (χ0) is 22.3. The highest BCUT2D eigenvalue weighted by Gasteiger charge is 2.18. The summed E-state index contributed by atoms with van der Waals surface area (Å²) in [5.74, 6) is -1.66. The molecule has 0 amide bonds. The molecule has 5 heteroatoms. The van der Waals surface area contributed by atoms with Crippen molar-refractivity contribution >= 4 is 5.97 Å². The molecule has 0 aliphatic carbocycles. The van der Waals surface area contributed by atoms with Crippen molar-refractivity contribution in [1.29, 1.82) is 0 Å². The summed E-state index contributed by atoms with van der Waals surface area (Å²) in [6.07, 6.45) is 0. The van der Waals surface area contributed by atoms with Crippen LogP contribution in [0.25, 0.3) is 11.1 Å². The van der Waals surface area contributed by atoms with Gasteiger partial charge in [0.2, 0.25) is 0 Å². The van der Waals surface area contributed by atoms with E-state index in [1.807, 2.05) is 60.7 Å². The molecule has 0 radical (unpaired) electrons. The maximum atomic E-state index is 14.3. The molecule has 32 heavy (non-hydrogen) atoms. The first-order valence-electron chi connectivity index (χ1n) is 10.1. The van der Waals surface area contributed by atoms with Crippen molar-refractivity contribution in [3.63, 3.8) is 0 Å². The Morgan fingerprint density at radius 3 is 2.03 bits per heavy atom. The molecule has 0 spiro atoms. The molecule has 0 saturated heterocycles. The number of ether oxygens (including phenoxy) is 2. The van der Waals surface area contributed by atoms with E-state index in [-0.39, 0.29) is 24.3 Å². The van der Waals surface area contributed by atoms with Crippen LogP contribution in [0.3, 0.4) is 0 Å². The molecule has 4 aromatic carbocycles. The van der Waals surface area contributed by atoms with E-state index < -0.39 is 17.6 Å². The minimum Gasteiger partial charge on any atom is -0.488 e. The summed E-state index contributed by atoms with van der Waals surface area (Å²) in [7, 11) is 0. The van der Waals surface area contributed by atoms with E-state index in [2.05, 4.69) is 0 Å². The Morgan fingerprint density at radius 1 is 0.719 bits per heavy atom. The van der Waals surface area contributed by atoms with Gasteiger partial charge in [0.15, 0.2) is 0 Å². The van der Waals surface area contributed by atoms with Gasteiger partial charge in [-0.15, -0.1) is 0 Å². The van der Waals surface area contributed by atoms with Gasteiger partial charge in [0.05, 0.1) is 0 Å². The molecule has 0 unspecified atom stereocenters. The summed E-state index contributed by atoms with van der Waals surface area (Å²) in [5, 5.41) is 0. The third-order valence-electron chi connectivity index (χ3n) is 4.89. The fourth-order valence-electron chi connectivity index (χ4n) is 3.24. The van der Waals surface area contributed by atoms with Gasteiger partial charge in [-0.1, -0.05) is 66.7 Å². The molecule has 0 aliphatic heterocycles. The Hall–Kier alpha value is -3.99. The second-order valence-electron chi connectivity index (χ2n) is 7.17. The Bertz CT molecular complexity index is 1210. The van der Waals surface area contributed by atoms with E-state index in [0.29, 0.717) is 11.3 Å². The van der Waals surface area contributed by atoms with Crippen molar-refractivity contribution in [3.05, 3.63) is 125 Å². The Balaban J connectivity index is 1.63. The average Bonchev–Trinajstić information content (AvgIpc) is 2.82. The lowest BCUT2D eigenvalue weighted by Crippen LogP contribution is -2.09. The number of halogens is 2. The van der Waals surface area contributed by atoms with Crippen molar-refractivity contribution in [1.82, 2.24) is 0 Å². The van der Waals surface area contributed by atoms with Crippen LogP contribution in [0.1, 0.15) is 21.5 Å². The number of hydrogen-bond donors (Lipinski definition) is 0. The van der Waals surface area contributed by atoms with Crippen LogP contribution in [0.4, 0.5) is 8.78 Å². The van der Waals surface area contributed by atoms with E-state index in [9.17, 15) is 13.6 Å². The lowest BCUT2D eigenvalue weighted by Gasteiger charge is -2.14. The van der Waals surface area contributed by atoms with Gasteiger partial charge in [-0.25, -0.2) is 13.6 Å². The Morgan fingerprint density at radius 2 is 1.38 bits per heavy atom. The SMILES string of the molecule is O=C(OCc1ccccc1)c1cc(-c2ccc(F)cc2F)ccc1OCc1ccccc1. The average molecular weight is 430 g/mol. The van der Waals surface area contributed by atoms with Gasteiger partial charge in [-0.3, -0.25) is 0 Å². The molecule has 0 fully saturated rings. The normalized spacial score (nSPS) is 10.6. The highest BCUT2D eigenvalue weighted by atomic mass is 19.1. The van der Waals surface area contributed by atoms with Gasteiger partial charge < -0.3 is 9.47 Å². The molecule has 4 aromatic rings. The molecular weight excluding hydrogens is 410 g/mol. The first kappa shape index (κ1) is 21.2. The largest absolute Gasteiger partial charge is 0.488 e. The summed E-state index contributed by atoms with van der Waals surface area (Å²) in [6, 6.07) is 26.9. The topological polar surface area (TPSA) is 35.5 Å². The number of benzene rings is 4. The number of rotatable bonds is 7. The van der Waals surface area contributed by atoms with Crippen molar-refractivity contribution in [3.8, 4) is 16.9 Å². The fourth-order valence-corrected chi connectivity index (χ4v) is 3.24. The molecule has 4 rings (SSSR count). The van der Waals surface area contributed by atoms with Crippen LogP contribution < -0.4 is 4.74 Å². The van der Waals surface area contributed by atoms with Gasteiger partial charge in [0.25, 0.3) is 0 Å². The van der Waals surface area contributed by atoms with Gasteiger partial charge in [-0.05, 0) is 41.0 Å². The monoisotopic (exact) mass is 430 g/mol. The van der Waals surface area contributed by atoms with E-state index >= 15 is 0 Å². The first-order valence-corrected chi connectivity index (χ1v) is 10.1. The van der Waals surface area contributed by atoms with Crippen molar-refractivity contribution in [2.45, 2.75) is 13.2 Å². The summed E-state index contributed by atoms with van der Waals surface area (Å²) >= 11 is 0. The fraction of sp³-hybridized carbons (Fsp3) is 0.0741. The quantitative estimate of drug-likeness (QED) is 0.311. The molecule has 0 bridgehead atoms. The molecule has 3 nitrogen and oxygen atoms in total. The molecule has 0 saturated carbocycles. The van der Waals surface area contributed by atoms with Crippen molar-refractivity contribution in [2.24, 2.45) is 0 Å². The maximum absolute atomic E-state index is 14.3. The van der Waals surface area contributed by atoms with Crippen molar-refractivity contribution in [2.75, 3.05) is 0 Å². The standard InChI is InChI=1S/C27H20F2O3/c28-22-12-13-23(25(29)16-22)21-11-14-26(31-17-19-7-3-1-4-8-19)24(15-21)27(30)32-18-20-9-5-2-6-10-20/h1-16H,17-18H2. The van der Waals surface area contributed by atoms with Gasteiger partial charge in [-0.2, -0.15) is 0 Å². The lowest BCUT2D eigenvalue weighted by atomic mass is 10.0. The van der Waals surface area contributed by atoms with Gasteiger partial charge in [0.1, 0.15) is 36.2 Å². The number of esters is 1. The third-order valence-corrected chi connectivity index (χ3v) is 4.89. The van der Waals surface area contributed by atoms with E-state index in [1.54, 1.807) is 12.1 Å². The highest BCUT2D eigenvalue weighted by Crippen LogP contribution is 2.30. The van der Waals surface area contributed by atoms with Crippen LogP contribution in [0.15, 0.2) is 97.1 Å². The third kappa shape index (κ3) is 5.19. The Labute approximate surface area is 184 Å². The van der Waals surface area contributed by atoms with Gasteiger partial charge >= 0.3 is 5.97 Å². The second-order valence-corrected chi connectivity index (χ2v) is 7.17. The Kier molecular flexibility index (Phi) is 6.56. The van der Waals surface area contributed by atoms with Crippen LogP contribution in [0, 0.1) is 11.6 Å². The van der Waals surface area contributed by atoms with Crippen LogP contribution in [0.5, 0.6) is 5.75 Å². The van der Waals surface area contributed by atoms with Gasteiger partial charge in [0, 0.05) is 11.6 Å². The molecule has 0 N–H and O–H groups in total. The molecule has 160 valence electrons. The summed E-state index contributed by atoms with van der Waals surface area (Å²) in [6.45, 7) is 0.344. The van der Waals surface area contributed by atoms with Crippen LogP contribution in [-0.4, -0.2) is 5.97 Å². The zero-order valence-electron chi connectivity index (χ0n) is 17.1. The number of hydrogen-bond acceptors (Lipinski definition) is 3. The molecule has 0 heterocycles. The predicted octanol–water partition coefficient (Wildman–Crippen LogP) is 6.57. The van der Waals surface area contributed by atoms with Crippen LogP contribution >= 0.6 is 0 Å². The van der Waals surface area contributed by atoms with E-state index in [1.165, 1.54) is 18.2 Å². The number of carbonyl (C=O) groups excluding carboxylic acids is 1. The van der Waals surface area contributed by atoms with E-state index in [0.717, 1.165) is 17.2 Å². The smallest absolute Gasteiger partial charge is 0.342 e. The molecule has 0 aliphatic rings. The minimum atomic E-state index is -0.716. The van der Waals surface area contributed by atoms with Crippen LogP contribution in [-0.2, 0) is 18.0 Å². The summed E-state index contributed by atoms with van der Waals surface area (Å²) in [5.41, 5.74) is 2.54.